The first-order valence-electron chi connectivity index (χ1n) is 5.58. The molecule has 1 saturated heterocycles. The Morgan fingerprint density at radius 3 is 2.44 bits per heavy atom. The first-order chi connectivity index (χ1) is 8.45. The summed E-state index contributed by atoms with van der Waals surface area (Å²) < 4.78 is 0.648. The predicted molar refractivity (Wildman–Crippen MR) is 69.2 cm³/mol. The molecule has 0 saturated carbocycles. The Kier molecular flexibility index (Phi) is 3.60. The number of carbonyl (C=O) groups is 2. The SMILES string of the molecule is CC(C)c1nc(Br)cc(N2CC(=O)NC(=O)C2)n1. The third kappa shape index (κ3) is 2.84. The molecule has 2 heterocycles. The molecule has 0 aliphatic carbocycles. The molecule has 0 radical (unpaired) electrons. The maximum Gasteiger partial charge on any atom is 0.246 e. The minimum absolute atomic E-state index is 0.132. The normalized spacial score (nSPS) is 16.1. The summed E-state index contributed by atoms with van der Waals surface area (Å²) in [4.78, 5) is 32.9. The van der Waals surface area contributed by atoms with Gasteiger partial charge in [-0.2, -0.15) is 0 Å². The summed E-state index contributed by atoms with van der Waals surface area (Å²) in [6.07, 6.45) is 0. The van der Waals surface area contributed by atoms with Crippen molar-refractivity contribution < 1.29 is 9.59 Å². The van der Waals surface area contributed by atoms with Crippen molar-refractivity contribution in [2.45, 2.75) is 19.8 Å². The van der Waals surface area contributed by atoms with Crippen LogP contribution in [0.3, 0.4) is 0 Å². The maximum absolute atomic E-state index is 11.3. The lowest BCUT2D eigenvalue weighted by Crippen LogP contribution is -2.51. The Morgan fingerprint density at radius 2 is 1.89 bits per heavy atom. The van der Waals surface area contributed by atoms with Gasteiger partial charge in [-0.3, -0.25) is 14.9 Å². The van der Waals surface area contributed by atoms with Crippen LogP contribution in [0.5, 0.6) is 0 Å². The standard InChI is InChI=1S/C11H13BrN4O2/c1-6(2)11-13-7(12)3-8(14-11)16-4-9(17)15-10(18)5-16/h3,6H,4-5H2,1-2H3,(H,15,17,18). The van der Waals surface area contributed by atoms with Gasteiger partial charge in [0.25, 0.3) is 0 Å². The highest BCUT2D eigenvalue weighted by atomic mass is 79.9. The second kappa shape index (κ2) is 5.01. The van der Waals surface area contributed by atoms with Gasteiger partial charge in [-0.25, -0.2) is 9.97 Å². The van der Waals surface area contributed by atoms with Gasteiger partial charge < -0.3 is 4.90 Å². The van der Waals surface area contributed by atoms with Crippen LogP contribution in [0, 0.1) is 0 Å². The summed E-state index contributed by atoms with van der Waals surface area (Å²) in [5.41, 5.74) is 0. The molecule has 96 valence electrons. The van der Waals surface area contributed by atoms with Crippen LogP contribution >= 0.6 is 15.9 Å². The second-order valence-corrected chi connectivity index (χ2v) is 5.20. The summed E-state index contributed by atoms with van der Waals surface area (Å²) in [5.74, 6) is 0.816. The fourth-order valence-electron chi connectivity index (χ4n) is 1.64. The largest absolute Gasteiger partial charge is 0.338 e. The van der Waals surface area contributed by atoms with E-state index in [1.807, 2.05) is 13.8 Å². The molecule has 1 aliphatic heterocycles. The Balaban J connectivity index is 2.32. The lowest BCUT2D eigenvalue weighted by Gasteiger charge is -2.26. The van der Waals surface area contributed by atoms with E-state index >= 15 is 0 Å². The minimum Gasteiger partial charge on any atom is -0.338 e. The molecule has 0 bridgehead atoms. The number of anilines is 1. The Labute approximate surface area is 113 Å². The van der Waals surface area contributed by atoms with Crippen molar-refractivity contribution in [1.29, 1.82) is 0 Å². The molecular formula is C11H13BrN4O2. The van der Waals surface area contributed by atoms with E-state index in [0.29, 0.717) is 16.2 Å². The van der Waals surface area contributed by atoms with Crippen LogP contribution in [0.15, 0.2) is 10.7 Å². The van der Waals surface area contributed by atoms with Gasteiger partial charge in [-0.15, -0.1) is 0 Å². The van der Waals surface area contributed by atoms with E-state index in [-0.39, 0.29) is 30.8 Å². The fourth-order valence-corrected chi connectivity index (χ4v) is 2.03. The molecule has 0 atom stereocenters. The van der Waals surface area contributed by atoms with Gasteiger partial charge in [0.15, 0.2) is 0 Å². The van der Waals surface area contributed by atoms with Crippen molar-refractivity contribution >= 4 is 33.6 Å². The number of carbonyl (C=O) groups excluding carboxylic acids is 2. The zero-order valence-electron chi connectivity index (χ0n) is 10.1. The van der Waals surface area contributed by atoms with E-state index in [4.69, 9.17) is 0 Å². The van der Waals surface area contributed by atoms with E-state index in [9.17, 15) is 9.59 Å². The van der Waals surface area contributed by atoms with Gasteiger partial charge in [0.05, 0.1) is 13.1 Å². The van der Waals surface area contributed by atoms with Crippen LogP contribution in [0.25, 0.3) is 0 Å². The molecule has 0 spiro atoms. The zero-order valence-corrected chi connectivity index (χ0v) is 11.7. The van der Waals surface area contributed by atoms with Crippen LogP contribution in [0.2, 0.25) is 0 Å². The highest BCUT2D eigenvalue weighted by molar-refractivity contribution is 9.10. The monoisotopic (exact) mass is 312 g/mol. The van der Waals surface area contributed by atoms with Gasteiger partial charge >= 0.3 is 0 Å². The van der Waals surface area contributed by atoms with Crippen LogP contribution in [0.4, 0.5) is 5.82 Å². The van der Waals surface area contributed by atoms with E-state index in [0.717, 1.165) is 0 Å². The first kappa shape index (κ1) is 12.9. The number of hydrogen-bond donors (Lipinski definition) is 1. The smallest absolute Gasteiger partial charge is 0.246 e. The van der Waals surface area contributed by atoms with Gasteiger partial charge in [0, 0.05) is 12.0 Å². The number of imide groups is 1. The van der Waals surface area contributed by atoms with Crippen molar-refractivity contribution in [2.24, 2.45) is 0 Å². The van der Waals surface area contributed by atoms with Crippen molar-refractivity contribution in [3.05, 3.63) is 16.5 Å². The molecular weight excluding hydrogens is 300 g/mol. The highest BCUT2D eigenvalue weighted by Crippen LogP contribution is 2.20. The molecule has 2 amide bonds. The van der Waals surface area contributed by atoms with Gasteiger partial charge in [0.2, 0.25) is 11.8 Å². The number of piperazine rings is 1. The third-order valence-electron chi connectivity index (χ3n) is 2.49. The molecule has 2 rings (SSSR count). The topological polar surface area (TPSA) is 75.2 Å². The lowest BCUT2D eigenvalue weighted by molar-refractivity contribution is -0.130. The number of hydrogen-bond acceptors (Lipinski definition) is 5. The third-order valence-corrected chi connectivity index (χ3v) is 2.89. The average Bonchev–Trinajstić information content (AvgIpc) is 2.26. The molecule has 0 aromatic carbocycles. The van der Waals surface area contributed by atoms with E-state index in [1.165, 1.54) is 0 Å². The molecule has 18 heavy (non-hydrogen) atoms. The van der Waals surface area contributed by atoms with Crippen LogP contribution in [-0.2, 0) is 9.59 Å². The number of nitrogens with zero attached hydrogens (tertiary/aromatic N) is 3. The van der Waals surface area contributed by atoms with Gasteiger partial charge in [0.1, 0.15) is 16.2 Å². The Bertz CT molecular complexity index is 488. The molecule has 0 unspecified atom stereocenters. The van der Waals surface area contributed by atoms with Crippen LogP contribution in [-0.4, -0.2) is 34.9 Å². The first-order valence-corrected chi connectivity index (χ1v) is 6.37. The quantitative estimate of drug-likeness (QED) is 0.646. The summed E-state index contributed by atoms with van der Waals surface area (Å²) in [6.45, 7) is 4.23. The molecule has 1 aliphatic rings. The number of nitrogens with one attached hydrogen (secondary N) is 1. The van der Waals surface area contributed by atoms with Gasteiger partial charge in [-0.1, -0.05) is 13.8 Å². The molecule has 1 N–H and O–H groups in total. The highest BCUT2D eigenvalue weighted by Gasteiger charge is 2.24. The lowest BCUT2D eigenvalue weighted by atomic mass is 10.2. The summed E-state index contributed by atoms with van der Waals surface area (Å²) in [6, 6.07) is 1.71. The average molecular weight is 313 g/mol. The summed E-state index contributed by atoms with van der Waals surface area (Å²) in [5, 5.41) is 2.26. The van der Waals surface area contributed by atoms with E-state index < -0.39 is 0 Å². The van der Waals surface area contributed by atoms with E-state index in [1.54, 1.807) is 11.0 Å². The fraction of sp³-hybridized carbons (Fsp3) is 0.455. The Hall–Kier alpha value is -1.50. The molecule has 6 nitrogen and oxygen atoms in total. The van der Waals surface area contributed by atoms with Crippen molar-refractivity contribution in [1.82, 2.24) is 15.3 Å². The van der Waals surface area contributed by atoms with Gasteiger partial charge in [-0.05, 0) is 15.9 Å². The van der Waals surface area contributed by atoms with Crippen LogP contribution in [0.1, 0.15) is 25.6 Å². The summed E-state index contributed by atoms with van der Waals surface area (Å²) in [7, 11) is 0. The second-order valence-electron chi connectivity index (χ2n) is 4.39. The summed E-state index contributed by atoms with van der Waals surface area (Å²) >= 11 is 3.31. The maximum atomic E-state index is 11.3. The molecule has 1 aromatic heterocycles. The number of halogens is 1. The molecule has 1 fully saturated rings. The number of rotatable bonds is 2. The molecule has 1 aromatic rings. The van der Waals surface area contributed by atoms with Crippen molar-refractivity contribution in [3.8, 4) is 0 Å². The number of amides is 2. The van der Waals surface area contributed by atoms with E-state index in [2.05, 4.69) is 31.2 Å². The molecule has 7 heteroatoms. The van der Waals surface area contributed by atoms with Crippen molar-refractivity contribution in [3.63, 3.8) is 0 Å². The van der Waals surface area contributed by atoms with Crippen molar-refractivity contribution in [2.75, 3.05) is 18.0 Å². The minimum atomic E-state index is -0.313. The predicted octanol–water partition coefficient (Wildman–Crippen LogP) is 0.825. The zero-order chi connectivity index (χ0) is 13.3. The Morgan fingerprint density at radius 1 is 1.28 bits per heavy atom. The van der Waals surface area contributed by atoms with Crippen LogP contribution < -0.4 is 10.2 Å². The number of aromatic nitrogens is 2.